The highest BCUT2D eigenvalue weighted by atomic mass is 32.2. The van der Waals surface area contributed by atoms with Gasteiger partial charge in [-0.05, 0) is 31.2 Å². The highest BCUT2D eigenvalue weighted by Gasteiger charge is 2.21. The van der Waals surface area contributed by atoms with E-state index < -0.39 is 0 Å². The molecule has 0 unspecified atom stereocenters. The first-order chi connectivity index (χ1) is 9.69. The van der Waals surface area contributed by atoms with Gasteiger partial charge in [0.25, 0.3) is 5.22 Å². The van der Waals surface area contributed by atoms with Gasteiger partial charge in [0.2, 0.25) is 0 Å². The van der Waals surface area contributed by atoms with Crippen LogP contribution in [0.3, 0.4) is 0 Å². The van der Waals surface area contributed by atoms with Crippen LogP contribution in [-0.2, 0) is 22.4 Å². The standard InChI is InChI=1S/C13H13NO4S2/c1-17-9(15)6-19-13-14-11-10(12(16)18-13)7-4-2-3-5-8(7)20-11/h2-6H2,1H3. The summed E-state index contributed by atoms with van der Waals surface area (Å²) in [7, 11) is 1.32. The Hall–Kier alpha value is -1.34. The number of ether oxygens (including phenoxy) is 1. The molecule has 0 aromatic carbocycles. The summed E-state index contributed by atoms with van der Waals surface area (Å²) in [5.41, 5.74) is 0.767. The largest absolute Gasteiger partial charge is 0.468 e. The van der Waals surface area contributed by atoms with E-state index in [4.69, 9.17) is 4.42 Å². The number of hydrogen-bond acceptors (Lipinski definition) is 7. The van der Waals surface area contributed by atoms with Crippen LogP contribution >= 0.6 is 23.1 Å². The average molecular weight is 311 g/mol. The van der Waals surface area contributed by atoms with Gasteiger partial charge in [-0.15, -0.1) is 11.3 Å². The van der Waals surface area contributed by atoms with Crippen molar-refractivity contribution >= 4 is 39.3 Å². The molecule has 2 aromatic rings. The monoisotopic (exact) mass is 311 g/mol. The zero-order chi connectivity index (χ0) is 14.1. The lowest BCUT2D eigenvalue weighted by Crippen LogP contribution is -2.07. The van der Waals surface area contributed by atoms with Gasteiger partial charge in [0.05, 0.1) is 7.11 Å². The predicted molar refractivity (Wildman–Crippen MR) is 77.5 cm³/mol. The Morgan fingerprint density at radius 2 is 2.25 bits per heavy atom. The SMILES string of the molecule is COC(=O)CSc1nc2sc3c(c2c(=O)o1)CCCC3. The first-order valence-electron chi connectivity index (χ1n) is 6.34. The predicted octanol–water partition coefficient (Wildman–Crippen LogP) is 2.39. The van der Waals surface area contributed by atoms with Gasteiger partial charge in [-0.1, -0.05) is 11.8 Å². The number of thioether (sulfide) groups is 1. The minimum atomic E-state index is -0.370. The molecule has 1 aliphatic carbocycles. The van der Waals surface area contributed by atoms with E-state index in [1.165, 1.54) is 12.0 Å². The highest BCUT2D eigenvalue weighted by molar-refractivity contribution is 7.99. The van der Waals surface area contributed by atoms with Gasteiger partial charge in [0.1, 0.15) is 16.0 Å². The third-order valence-corrected chi connectivity index (χ3v) is 5.26. The van der Waals surface area contributed by atoms with Gasteiger partial charge < -0.3 is 9.15 Å². The van der Waals surface area contributed by atoms with E-state index >= 15 is 0 Å². The molecule has 0 aliphatic heterocycles. The van der Waals surface area contributed by atoms with Crippen molar-refractivity contribution in [2.75, 3.05) is 12.9 Å². The molecule has 0 N–H and O–H groups in total. The van der Waals surface area contributed by atoms with Crippen molar-refractivity contribution in [2.24, 2.45) is 0 Å². The first kappa shape index (κ1) is 13.6. The number of nitrogens with zero attached hydrogens (tertiary/aromatic N) is 1. The fourth-order valence-corrected chi connectivity index (χ4v) is 4.27. The van der Waals surface area contributed by atoms with Gasteiger partial charge in [-0.3, -0.25) is 4.79 Å². The molecule has 0 radical (unpaired) electrons. The first-order valence-corrected chi connectivity index (χ1v) is 8.14. The van der Waals surface area contributed by atoms with Crippen LogP contribution in [-0.4, -0.2) is 23.8 Å². The Bertz CT molecular complexity index is 719. The zero-order valence-electron chi connectivity index (χ0n) is 10.9. The van der Waals surface area contributed by atoms with Crippen LogP contribution in [0.5, 0.6) is 0 Å². The van der Waals surface area contributed by atoms with Crippen molar-refractivity contribution in [3.05, 3.63) is 20.9 Å². The average Bonchev–Trinajstić information content (AvgIpc) is 2.83. The van der Waals surface area contributed by atoms with Crippen molar-refractivity contribution in [1.29, 1.82) is 0 Å². The maximum atomic E-state index is 12.1. The Labute approximate surface area is 123 Å². The topological polar surface area (TPSA) is 69.4 Å². The molecule has 20 heavy (non-hydrogen) atoms. The molecular weight excluding hydrogens is 298 g/mol. The normalized spacial score (nSPS) is 14.2. The quantitative estimate of drug-likeness (QED) is 0.640. The molecule has 106 valence electrons. The number of esters is 1. The van der Waals surface area contributed by atoms with Crippen molar-refractivity contribution in [1.82, 2.24) is 4.98 Å². The third-order valence-electron chi connectivity index (χ3n) is 3.27. The fraction of sp³-hybridized carbons (Fsp3) is 0.462. The number of hydrogen-bond donors (Lipinski definition) is 0. The van der Waals surface area contributed by atoms with E-state index in [9.17, 15) is 9.59 Å². The number of carbonyl (C=O) groups is 1. The van der Waals surface area contributed by atoms with Crippen LogP contribution < -0.4 is 5.63 Å². The number of fused-ring (bicyclic) bond motifs is 3. The van der Waals surface area contributed by atoms with Crippen LogP contribution in [0.1, 0.15) is 23.3 Å². The number of aryl methyl sites for hydroxylation is 2. The Morgan fingerprint density at radius 1 is 1.45 bits per heavy atom. The van der Waals surface area contributed by atoms with Gasteiger partial charge in [-0.2, -0.15) is 4.98 Å². The second-order valence-corrected chi connectivity index (χ2v) is 6.53. The molecule has 7 heteroatoms. The van der Waals surface area contributed by atoms with E-state index in [0.717, 1.165) is 47.8 Å². The lowest BCUT2D eigenvalue weighted by Gasteiger charge is -2.09. The number of methoxy groups -OCH3 is 1. The molecular formula is C13H13NO4S2. The molecule has 2 aromatic heterocycles. The number of rotatable bonds is 3. The van der Waals surface area contributed by atoms with E-state index in [0.29, 0.717) is 5.39 Å². The molecule has 0 saturated heterocycles. The molecule has 1 aliphatic rings. The molecule has 2 heterocycles. The molecule has 0 bridgehead atoms. The molecule has 5 nitrogen and oxygen atoms in total. The van der Waals surface area contributed by atoms with Crippen LogP contribution in [0.25, 0.3) is 10.2 Å². The lowest BCUT2D eigenvalue weighted by atomic mass is 9.97. The van der Waals surface area contributed by atoms with Gasteiger partial charge in [0.15, 0.2) is 0 Å². The summed E-state index contributed by atoms with van der Waals surface area (Å²) in [5.74, 6) is -0.284. The summed E-state index contributed by atoms with van der Waals surface area (Å²) in [6.07, 6.45) is 4.21. The smallest absolute Gasteiger partial charge is 0.348 e. The van der Waals surface area contributed by atoms with Gasteiger partial charge in [0, 0.05) is 4.88 Å². The molecule has 0 atom stereocenters. The summed E-state index contributed by atoms with van der Waals surface area (Å²) in [4.78, 5) is 29.6. The molecule has 0 amide bonds. The second-order valence-electron chi connectivity index (χ2n) is 4.52. The van der Waals surface area contributed by atoms with Crippen LogP contribution in [0.15, 0.2) is 14.4 Å². The van der Waals surface area contributed by atoms with E-state index in [1.54, 1.807) is 11.3 Å². The number of carbonyl (C=O) groups excluding carboxylic acids is 1. The maximum absolute atomic E-state index is 12.1. The van der Waals surface area contributed by atoms with E-state index in [-0.39, 0.29) is 22.6 Å². The molecule has 3 rings (SSSR count). The molecule has 0 fully saturated rings. The van der Waals surface area contributed by atoms with Crippen LogP contribution in [0.2, 0.25) is 0 Å². The Morgan fingerprint density at radius 3 is 3.05 bits per heavy atom. The van der Waals surface area contributed by atoms with Gasteiger partial charge >= 0.3 is 11.6 Å². The molecule has 0 spiro atoms. The lowest BCUT2D eigenvalue weighted by molar-refractivity contribution is -0.137. The summed E-state index contributed by atoms with van der Waals surface area (Å²) >= 11 is 2.65. The number of aromatic nitrogens is 1. The maximum Gasteiger partial charge on any atom is 0.348 e. The summed E-state index contributed by atoms with van der Waals surface area (Å²) < 4.78 is 9.76. The summed E-state index contributed by atoms with van der Waals surface area (Å²) in [5, 5.41) is 0.860. The minimum Gasteiger partial charge on any atom is -0.468 e. The summed E-state index contributed by atoms with van der Waals surface area (Å²) in [6, 6.07) is 0. The highest BCUT2D eigenvalue weighted by Crippen LogP contribution is 2.34. The van der Waals surface area contributed by atoms with Crippen molar-refractivity contribution in [3.8, 4) is 0 Å². The van der Waals surface area contributed by atoms with Crippen molar-refractivity contribution in [3.63, 3.8) is 0 Å². The van der Waals surface area contributed by atoms with Crippen LogP contribution in [0.4, 0.5) is 0 Å². The minimum absolute atomic E-state index is 0.0863. The van der Waals surface area contributed by atoms with E-state index in [2.05, 4.69) is 9.72 Å². The molecule has 0 saturated carbocycles. The Balaban J connectivity index is 1.98. The van der Waals surface area contributed by atoms with Crippen molar-refractivity contribution < 1.29 is 13.9 Å². The van der Waals surface area contributed by atoms with Gasteiger partial charge in [-0.25, -0.2) is 4.79 Å². The summed E-state index contributed by atoms with van der Waals surface area (Å²) in [6.45, 7) is 0. The van der Waals surface area contributed by atoms with Crippen molar-refractivity contribution in [2.45, 2.75) is 30.9 Å². The van der Waals surface area contributed by atoms with Crippen LogP contribution in [0, 0.1) is 0 Å². The third kappa shape index (κ3) is 2.47. The number of thiophene rings is 1. The Kier molecular flexibility index (Phi) is 3.80. The zero-order valence-corrected chi connectivity index (χ0v) is 12.6. The van der Waals surface area contributed by atoms with E-state index in [1.807, 2.05) is 0 Å². The fourth-order valence-electron chi connectivity index (χ4n) is 2.32. The second kappa shape index (κ2) is 5.57.